The Morgan fingerprint density at radius 1 is 1.08 bits per heavy atom. The summed E-state index contributed by atoms with van der Waals surface area (Å²) in [5.41, 5.74) is 2.31. The van der Waals surface area contributed by atoms with Crippen LogP contribution in [0, 0.1) is 5.92 Å². The van der Waals surface area contributed by atoms with Gasteiger partial charge in [0.15, 0.2) is 0 Å². The molecule has 2 fully saturated rings. The SMILES string of the molecule is C[C@H]1CN2C(=O)[C@H](c3ccccc3)CC[C@@H]2C[C@@]1(C)c1cccc(O)c1. The zero-order valence-corrected chi connectivity index (χ0v) is 15.6. The zero-order chi connectivity index (χ0) is 18.3. The van der Waals surface area contributed by atoms with Crippen LogP contribution >= 0.6 is 0 Å². The Morgan fingerprint density at radius 2 is 1.85 bits per heavy atom. The molecule has 0 bridgehead atoms. The monoisotopic (exact) mass is 349 g/mol. The molecule has 136 valence electrons. The average Bonchev–Trinajstić information content (AvgIpc) is 2.64. The van der Waals surface area contributed by atoms with Crippen molar-refractivity contribution in [2.45, 2.75) is 50.5 Å². The molecule has 2 aromatic carbocycles. The van der Waals surface area contributed by atoms with E-state index in [-0.39, 0.29) is 17.2 Å². The van der Waals surface area contributed by atoms with Gasteiger partial charge in [-0.25, -0.2) is 0 Å². The molecule has 2 heterocycles. The molecule has 2 aliphatic heterocycles. The van der Waals surface area contributed by atoms with Crippen LogP contribution in [-0.4, -0.2) is 28.5 Å². The van der Waals surface area contributed by atoms with Crippen LogP contribution in [0.2, 0.25) is 0 Å². The number of piperidine rings is 2. The molecule has 26 heavy (non-hydrogen) atoms. The van der Waals surface area contributed by atoms with E-state index in [0.717, 1.165) is 31.4 Å². The number of aromatic hydroxyl groups is 1. The molecule has 3 heteroatoms. The van der Waals surface area contributed by atoms with Crippen molar-refractivity contribution in [1.82, 2.24) is 4.90 Å². The number of nitrogens with zero attached hydrogens (tertiary/aromatic N) is 1. The van der Waals surface area contributed by atoms with E-state index in [4.69, 9.17) is 0 Å². The van der Waals surface area contributed by atoms with Crippen molar-refractivity contribution in [3.05, 3.63) is 65.7 Å². The van der Waals surface area contributed by atoms with Crippen molar-refractivity contribution in [3.63, 3.8) is 0 Å². The summed E-state index contributed by atoms with van der Waals surface area (Å²) < 4.78 is 0. The Balaban J connectivity index is 1.59. The summed E-state index contributed by atoms with van der Waals surface area (Å²) in [4.78, 5) is 15.3. The Kier molecular flexibility index (Phi) is 4.26. The van der Waals surface area contributed by atoms with Crippen LogP contribution in [0.15, 0.2) is 54.6 Å². The molecule has 4 atom stereocenters. The number of hydrogen-bond acceptors (Lipinski definition) is 2. The fourth-order valence-electron chi connectivity index (χ4n) is 4.92. The van der Waals surface area contributed by atoms with Gasteiger partial charge in [-0.1, -0.05) is 56.3 Å². The van der Waals surface area contributed by atoms with Gasteiger partial charge in [-0.3, -0.25) is 4.79 Å². The van der Waals surface area contributed by atoms with Crippen molar-refractivity contribution in [3.8, 4) is 5.75 Å². The maximum atomic E-state index is 13.2. The lowest BCUT2D eigenvalue weighted by atomic mass is 9.64. The van der Waals surface area contributed by atoms with Gasteiger partial charge in [0.05, 0.1) is 5.92 Å². The van der Waals surface area contributed by atoms with Crippen LogP contribution < -0.4 is 0 Å². The molecule has 0 aliphatic carbocycles. The van der Waals surface area contributed by atoms with Crippen molar-refractivity contribution in [2.75, 3.05) is 6.54 Å². The number of phenols is 1. The predicted molar refractivity (Wildman–Crippen MR) is 103 cm³/mol. The fourth-order valence-corrected chi connectivity index (χ4v) is 4.92. The number of benzene rings is 2. The first-order valence-electron chi connectivity index (χ1n) is 9.64. The summed E-state index contributed by atoms with van der Waals surface area (Å²) in [6.07, 6.45) is 2.94. The second kappa shape index (κ2) is 6.46. The molecular weight excluding hydrogens is 322 g/mol. The predicted octanol–water partition coefficient (Wildman–Crippen LogP) is 4.46. The smallest absolute Gasteiger partial charge is 0.230 e. The molecule has 0 spiro atoms. The topological polar surface area (TPSA) is 40.5 Å². The Morgan fingerprint density at radius 3 is 2.58 bits per heavy atom. The van der Waals surface area contributed by atoms with Crippen LogP contribution in [0.3, 0.4) is 0 Å². The first-order chi connectivity index (χ1) is 12.5. The van der Waals surface area contributed by atoms with Gasteiger partial charge in [0.25, 0.3) is 0 Å². The highest BCUT2D eigenvalue weighted by atomic mass is 16.3. The molecule has 4 rings (SSSR count). The van der Waals surface area contributed by atoms with Gasteiger partial charge in [-0.15, -0.1) is 0 Å². The molecule has 0 saturated carbocycles. The molecule has 0 radical (unpaired) electrons. The first kappa shape index (κ1) is 17.1. The fraction of sp³-hybridized carbons (Fsp3) is 0.435. The number of fused-ring (bicyclic) bond motifs is 1. The third-order valence-electron chi connectivity index (χ3n) is 6.74. The second-order valence-corrected chi connectivity index (χ2v) is 8.26. The van der Waals surface area contributed by atoms with E-state index in [0.29, 0.717) is 17.7 Å². The van der Waals surface area contributed by atoms with E-state index in [1.165, 1.54) is 5.56 Å². The lowest BCUT2D eigenvalue weighted by molar-refractivity contribution is -0.143. The molecule has 0 aromatic heterocycles. The van der Waals surface area contributed by atoms with Gasteiger partial charge in [0.2, 0.25) is 5.91 Å². The average molecular weight is 349 g/mol. The van der Waals surface area contributed by atoms with Crippen molar-refractivity contribution < 1.29 is 9.90 Å². The van der Waals surface area contributed by atoms with Gasteiger partial charge in [0.1, 0.15) is 5.75 Å². The molecule has 1 amide bonds. The quantitative estimate of drug-likeness (QED) is 0.869. The second-order valence-electron chi connectivity index (χ2n) is 8.26. The maximum Gasteiger partial charge on any atom is 0.230 e. The number of amides is 1. The van der Waals surface area contributed by atoms with Crippen LogP contribution in [-0.2, 0) is 10.2 Å². The van der Waals surface area contributed by atoms with Crippen LogP contribution in [0.4, 0.5) is 0 Å². The lowest BCUT2D eigenvalue weighted by Crippen LogP contribution is -2.57. The van der Waals surface area contributed by atoms with E-state index in [9.17, 15) is 9.90 Å². The normalized spacial score (nSPS) is 31.5. The number of hydrogen-bond donors (Lipinski definition) is 1. The van der Waals surface area contributed by atoms with Crippen LogP contribution in [0.1, 0.15) is 50.2 Å². The molecule has 0 unspecified atom stereocenters. The Bertz CT molecular complexity index is 803. The number of rotatable bonds is 2. The summed E-state index contributed by atoms with van der Waals surface area (Å²) in [6.45, 7) is 5.32. The number of phenolic OH excluding ortho intramolecular Hbond substituents is 1. The highest BCUT2D eigenvalue weighted by molar-refractivity contribution is 5.85. The number of carbonyl (C=O) groups is 1. The summed E-state index contributed by atoms with van der Waals surface area (Å²) in [6, 6.07) is 18.1. The minimum atomic E-state index is -0.0141. The molecular formula is C23H27NO2. The molecule has 1 N–H and O–H groups in total. The lowest BCUT2D eigenvalue weighted by Gasteiger charge is -2.52. The molecule has 2 saturated heterocycles. The van der Waals surface area contributed by atoms with Crippen LogP contribution in [0.25, 0.3) is 0 Å². The van der Waals surface area contributed by atoms with E-state index < -0.39 is 0 Å². The number of carbonyl (C=O) groups excluding carboxylic acids is 1. The van der Waals surface area contributed by atoms with Gasteiger partial charge in [-0.2, -0.15) is 0 Å². The maximum absolute atomic E-state index is 13.2. The van der Waals surface area contributed by atoms with E-state index >= 15 is 0 Å². The summed E-state index contributed by atoms with van der Waals surface area (Å²) in [5, 5.41) is 9.92. The van der Waals surface area contributed by atoms with E-state index in [2.05, 4.69) is 36.9 Å². The van der Waals surface area contributed by atoms with Gasteiger partial charge < -0.3 is 10.0 Å². The van der Waals surface area contributed by atoms with Gasteiger partial charge in [0, 0.05) is 12.6 Å². The Hall–Kier alpha value is -2.29. The van der Waals surface area contributed by atoms with Crippen molar-refractivity contribution in [2.24, 2.45) is 5.92 Å². The zero-order valence-electron chi connectivity index (χ0n) is 15.6. The Labute approximate surface area is 155 Å². The summed E-state index contributed by atoms with van der Waals surface area (Å²) in [7, 11) is 0. The van der Waals surface area contributed by atoms with E-state index in [1.807, 2.05) is 30.3 Å². The minimum Gasteiger partial charge on any atom is -0.508 e. The summed E-state index contributed by atoms with van der Waals surface area (Å²) in [5.74, 6) is 0.961. The van der Waals surface area contributed by atoms with Crippen molar-refractivity contribution >= 4 is 5.91 Å². The van der Waals surface area contributed by atoms with Crippen molar-refractivity contribution in [1.29, 1.82) is 0 Å². The van der Waals surface area contributed by atoms with Gasteiger partial charge in [-0.05, 0) is 53.9 Å². The highest BCUT2D eigenvalue weighted by Crippen LogP contribution is 2.46. The third kappa shape index (κ3) is 2.80. The standard InChI is InChI=1S/C23H27NO2/c1-16-15-24-19(14-23(16,2)18-9-6-10-20(25)13-18)11-12-21(22(24)26)17-7-4-3-5-8-17/h3-10,13,16,19,21,25H,11-12,14-15H2,1-2H3/t16-,19+,21-,23+/m0/s1. The summed E-state index contributed by atoms with van der Waals surface area (Å²) >= 11 is 0. The van der Waals surface area contributed by atoms with Crippen LogP contribution in [0.5, 0.6) is 5.75 Å². The highest BCUT2D eigenvalue weighted by Gasteiger charge is 2.47. The minimum absolute atomic E-state index is 0.00442. The van der Waals surface area contributed by atoms with Gasteiger partial charge >= 0.3 is 0 Å². The largest absolute Gasteiger partial charge is 0.508 e. The molecule has 3 nitrogen and oxygen atoms in total. The molecule has 2 aliphatic rings. The third-order valence-corrected chi connectivity index (χ3v) is 6.74. The van der Waals surface area contributed by atoms with E-state index in [1.54, 1.807) is 6.07 Å². The molecule has 2 aromatic rings. The first-order valence-corrected chi connectivity index (χ1v) is 9.64.